The molecule has 1 saturated heterocycles. The van der Waals surface area contributed by atoms with Gasteiger partial charge in [-0.3, -0.25) is 14.3 Å². The number of piperidine rings is 1. The van der Waals surface area contributed by atoms with E-state index < -0.39 is 0 Å². The minimum atomic E-state index is 0.0802. The smallest absolute Gasteiger partial charge is 0.226 e. The molecule has 0 unspecified atom stereocenters. The average molecular weight is 368 g/mol. The van der Waals surface area contributed by atoms with E-state index in [0.29, 0.717) is 18.7 Å². The van der Waals surface area contributed by atoms with E-state index in [-0.39, 0.29) is 11.8 Å². The molecule has 6 heteroatoms. The second kappa shape index (κ2) is 8.84. The molecule has 2 heterocycles. The van der Waals surface area contributed by atoms with Crippen molar-refractivity contribution in [3.05, 3.63) is 47.8 Å². The molecule has 2 aromatic rings. The number of aldehydes is 1. The van der Waals surface area contributed by atoms with Gasteiger partial charge in [0.1, 0.15) is 6.29 Å². The van der Waals surface area contributed by atoms with Crippen LogP contribution >= 0.6 is 0 Å². The Labute approximate surface area is 160 Å². The lowest BCUT2D eigenvalue weighted by Gasteiger charge is -2.35. The van der Waals surface area contributed by atoms with Crippen LogP contribution in [-0.4, -0.2) is 46.5 Å². The maximum atomic E-state index is 13.0. The van der Waals surface area contributed by atoms with E-state index in [4.69, 9.17) is 0 Å². The zero-order chi connectivity index (χ0) is 19.2. The third-order valence-corrected chi connectivity index (χ3v) is 5.32. The van der Waals surface area contributed by atoms with Gasteiger partial charge in [-0.15, -0.1) is 0 Å². The van der Waals surface area contributed by atoms with Crippen LogP contribution in [0.5, 0.6) is 0 Å². The van der Waals surface area contributed by atoms with E-state index >= 15 is 0 Å². The number of aromatic nitrogens is 2. The Morgan fingerprint density at radius 1 is 1.22 bits per heavy atom. The second-order valence-electron chi connectivity index (χ2n) is 7.03. The highest BCUT2D eigenvalue weighted by molar-refractivity contribution is 5.79. The first-order chi connectivity index (χ1) is 13.1. The number of anilines is 1. The average Bonchev–Trinajstić information content (AvgIpc) is 3.19. The van der Waals surface area contributed by atoms with Gasteiger partial charge in [0.2, 0.25) is 5.91 Å². The molecule has 0 N–H and O–H groups in total. The van der Waals surface area contributed by atoms with Gasteiger partial charge in [-0.25, -0.2) is 0 Å². The van der Waals surface area contributed by atoms with Crippen LogP contribution in [0.3, 0.4) is 0 Å². The summed E-state index contributed by atoms with van der Waals surface area (Å²) in [6.45, 7) is 7.99. The first kappa shape index (κ1) is 19.1. The van der Waals surface area contributed by atoms with Crippen LogP contribution in [0.15, 0.2) is 36.7 Å². The van der Waals surface area contributed by atoms with Crippen LogP contribution in [0.25, 0.3) is 0 Å². The number of nitrogens with zero attached hydrogens (tertiary/aromatic N) is 4. The van der Waals surface area contributed by atoms with Crippen molar-refractivity contribution in [2.24, 2.45) is 5.92 Å². The van der Waals surface area contributed by atoms with Crippen molar-refractivity contribution in [1.82, 2.24) is 14.7 Å². The maximum Gasteiger partial charge on any atom is 0.226 e. The molecular formula is C21H28N4O2. The highest BCUT2D eigenvalue weighted by atomic mass is 16.2. The number of carbonyl (C=O) groups excluding carboxylic acids is 2. The lowest BCUT2D eigenvalue weighted by Crippen LogP contribution is -2.42. The quantitative estimate of drug-likeness (QED) is 0.705. The lowest BCUT2D eigenvalue weighted by molar-refractivity contribution is -0.136. The van der Waals surface area contributed by atoms with Gasteiger partial charge in [-0.05, 0) is 51.0 Å². The van der Waals surface area contributed by atoms with Crippen molar-refractivity contribution in [3.63, 3.8) is 0 Å². The zero-order valence-corrected chi connectivity index (χ0v) is 16.2. The Kier molecular flexibility index (Phi) is 6.27. The van der Waals surface area contributed by atoms with Gasteiger partial charge in [0.05, 0.1) is 6.20 Å². The Morgan fingerprint density at radius 2 is 1.93 bits per heavy atom. The molecule has 3 rings (SSSR count). The molecule has 1 aromatic heterocycles. The van der Waals surface area contributed by atoms with Gasteiger partial charge in [0, 0.05) is 61.7 Å². The van der Waals surface area contributed by atoms with Crippen LogP contribution in [0.4, 0.5) is 5.69 Å². The van der Waals surface area contributed by atoms with Crippen molar-refractivity contribution in [1.29, 1.82) is 0 Å². The minimum absolute atomic E-state index is 0.0802. The zero-order valence-electron chi connectivity index (χ0n) is 16.2. The number of aryl methyl sites for hydroxylation is 1. The predicted molar refractivity (Wildman–Crippen MR) is 106 cm³/mol. The van der Waals surface area contributed by atoms with E-state index in [9.17, 15) is 9.59 Å². The molecule has 144 valence electrons. The highest BCUT2D eigenvalue weighted by Crippen LogP contribution is 2.25. The molecule has 0 radical (unpaired) electrons. The summed E-state index contributed by atoms with van der Waals surface area (Å²) < 4.78 is 1.89. The molecule has 6 nitrogen and oxygen atoms in total. The van der Waals surface area contributed by atoms with Crippen LogP contribution in [0, 0.1) is 5.92 Å². The third-order valence-electron chi connectivity index (χ3n) is 5.32. The minimum Gasteiger partial charge on any atom is -0.371 e. The molecule has 1 amide bonds. The molecule has 0 bridgehead atoms. The van der Waals surface area contributed by atoms with Crippen molar-refractivity contribution >= 4 is 17.9 Å². The molecule has 0 atom stereocenters. The molecule has 0 aliphatic carbocycles. The topological polar surface area (TPSA) is 58.4 Å². The number of benzene rings is 1. The number of amides is 1. The fourth-order valence-electron chi connectivity index (χ4n) is 3.63. The Balaban J connectivity index is 1.56. The van der Waals surface area contributed by atoms with Gasteiger partial charge in [-0.1, -0.05) is 0 Å². The molecule has 1 aromatic carbocycles. The summed E-state index contributed by atoms with van der Waals surface area (Å²) in [6, 6.07) is 7.65. The van der Waals surface area contributed by atoms with Gasteiger partial charge in [0.15, 0.2) is 0 Å². The van der Waals surface area contributed by atoms with Crippen molar-refractivity contribution in [3.8, 4) is 0 Å². The van der Waals surface area contributed by atoms with E-state index in [1.165, 1.54) is 0 Å². The molecule has 0 spiro atoms. The van der Waals surface area contributed by atoms with Crippen molar-refractivity contribution in [2.75, 3.05) is 24.5 Å². The van der Waals surface area contributed by atoms with Gasteiger partial charge < -0.3 is 9.80 Å². The molecule has 1 fully saturated rings. The summed E-state index contributed by atoms with van der Waals surface area (Å²) in [5.74, 6) is 0.328. The molecular weight excluding hydrogens is 340 g/mol. The largest absolute Gasteiger partial charge is 0.371 e. The maximum absolute atomic E-state index is 13.0. The Hall–Kier alpha value is -2.63. The van der Waals surface area contributed by atoms with Crippen LogP contribution < -0.4 is 4.90 Å². The van der Waals surface area contributed by atoms with E-state index in [0.717, 1.165) is 50.0 Å². The summed E-state index contributed by atoms with van der Waals surface area (Å²) >= 11 is 0. The van der Waals surface area contributed by atoms with E-state index in [1.54, 1.807) is 0 Å². The number of carbonyl (C=O) groups is 2. The monoisotopic (exact) mass is 368 g/mol. The molecule has 1 aliphatic heterocycles. The highest BCUT2D eigenvalue weighted by Gasteiger charge is 2.28. The first-order valence-electron chi connectivity index (χ1n) is 9.74. The fraction of sp³-hybridized carbons (Fsp3) is 0.476. The Morgan fingerprint density at radius 3 is 2.48 bits per heavy atom. The van der Waals surface area contributed by atoms with Gasteiger partial charge in [-0.2, -0.15) is 5.10 Å². The van der Waals surface area contributed by atoms with E-state index in [1.807, 2.05) is 53.2 Å². The molecule has 27 heavy (non-hydrogen) atoms. The summed E-state index contributed by atoms with van der Waals surface area (Å²) in [5.41, 5.74) is 2.89. The first-order valence-corrected chi connectivity index (χ1v) is 9.74. The number of rotatable bonds is 7. The van der Waals surface area contributed by atoms with Crippen molar-refractivity contribution < 1.29 is 9.59 Å². The van der Waals surface area contributed by atoms with Crippen LogP contribution in [0.1, 0.15) is 42.6 Å². The SMILES string of the molecule is CCN(Cc1cnn(CC)c1)C(=O)C1CCN(c2ccc(C=O)cc2)CC1. The van der Waals surface area contributed by atoms with E-state index in [2.05, 4.69) is 16.9 Å². The predicted octanol–water partition coefficient (Wildman–Crippen LogP) is 2.98. The van der Waals surface area contributed by atoms with Gasteiger partial charge in [0.25, 0.3) is 0 Å². The fourth-order valence-corrected chi connectivity index (χ4v) is 3.63. The van der Waals surface area contributed by atoms with Gasteiger partial charge >= 0.3 is 0 Å². The molecule has 1 aliphatic rings. The summed E-state index contributed by atoms with van der Waals surface area (Å²) in [4.78, 5) is 28.0. The second-order valence-corrected chi connectivity index (χ2v) is 7.03. The lowest BCUT2D eigenvalue weighted by atomic mass is 9.94. The normalized spacial score (nSPS) is 15.0. The van der Waals surface area contributed by atoms with Crippen molar-refractivity contribution in [2.45, 2.75) is 39.8 Å². The Bertz CT molecular complexity index is 761. The number of hydrogen-bond acceptors (Lipinski definition) is 4. The van der Waals surface area contributed by atoms with Crippen LogP contribution in [-0.2, 0) is 17.9 Å². The van der Waals surface area contributed by atoms with Crippen LogP contribution in [0.2, 0.25) is 0 Å². The number of hydrogen-bond donors (Lipinski definition) is 0. The summed E-state index contributed by atoms with van der Waals surface area (Å²) in [6.07, 6.45) is 6.45. The standard InChI is InChI=1S/C21H28N4O2/c1-3-23(14-18-13-22-25(4-2)15-18)21(27)19-9-11-24(12-10-19)20-7-5-17(16-26)6-8-20/h5-8,13,15-16,19H,3-4,9-12,14H2,1-2H3. The summed E-state index contributed by atoms with van der Waals surface area (Å²) in [5, 5.41) is 4.30. The molecule has 0 saturated carbocycles. The summed E-state index contributed by atoms with van der Waals surface area (Å²) in [7, 11) is 0. The third kappa shape index (κ3) is 4.56.